The first-order valence-corrected chi connectivity index (χ1v) is 6.80. The molecule has 2 rings (SSSR count). The lowest BCUT2D eigenvalue weighted by atomic mass is 10.2. The standard InChI is InChI=1S/C14H19N3O4/c1-17(8-4-9-19-2)13(18)7-6-12-15-14(16-21-12)11-5-3-10-20-11/h3,5,10H,4,6-9H2,1-2H3. The Balaban J connectivity index is 1.79. The first kappa shape index (κ1) is 15.2. The SMILES string of the molecule is COCCCN(C)C(=O)CCc1nc(-c2ccco2)no1. The van der Waals surface area contributed by atoms with Gasteiger partial charge in [0.05, 0.1) is 6.26 Å². The number of furan rings is 1. The van der Waals surface area contributed by atoms with Gasteiger partial charge in [0.2, 0.25) is 17.6 Å². The number of methoxy groups -OCH3 is 1. The first-order valence-electron chi connectivity index (χ1n) is 6.80. The second-order valence-corrected chi connectivity index (χ2v) is 4.65. The molecule has 0 spiro atoms. The van der Waals surface area contributed by atoms with E-state index in [1.165, 1.54) is 0 Å². The number of aryl methyl sites for hydroxylation is 1. The van der Waals surface area contributed by atoms with Crippen LogP contribution in [0.1, 0.15) is 18.7 Å². The van der Waals surface area contributed by atoms with Crippen molar-refractivity contribution in [2.24, 2.45) is 0 Å². The highest BCUT2D eigenvalue weighted by Gasteiger charge is 2.14. The monoisotopic (exact) mass is 293 g/mol. The highest BCUT2D eigenvalue weighted by atomic mass is 16.5. The third-order valence-corrected chi connectivity index (χ3v) is 3.03. The molecule has 0 aromatic carbocycles. The molecule has 0 bridgehead atoms. The van der Waals surface area contributed by atoms with Crippen LogP contribution >= 0.6 is 0 Å². The lowest BCUT2D eigenvalue weighted by molar-refractivity contribution is -0.130. The molecule has 21 heavy (non-hydrogen) atoms. The Morgan fingerprint density at radius 3 is 3.05 bits per heavy atom. The average molecular weight is 293 g/mol. The maximum Gasteiger partial charge on any atom is 0.238 e. The van der Waals surface area contributed by atoms with Crippen LogP contribution in [0.2, 0.25) is 0 Å². The Bertz CT molecular complexity index is 550. The van der Waals surface area contributed by atoms with Crippen LogP contribution in [0.5, 0.6) is 0 Å². The van der Waals surface area contributed by atoms with Crippen molar-refractivity contribution in [1.82, 2.24) is 15.0 Å². The molecule has 2 aromatic rings. The summed E-state index contributed by atoms with van der Waals surface area (Å²) in [5.41, 5.74) is 0. The fourth-order valence-corrected chi connectivity index (χ4v) is 1.84. The third-order valence-electron chi connectivity index (χ3n) is 3.03. The van der Waals surface area contributed by atoms with Crippen LogP contribution in [-0.4, -0.2) is 48.3 Å². The van der Waals surface area contributed by atoms with Crippen LogP contribution < -0.4 is 0 Å². The van der Waals surface area contributed by atoms with Crippen molar-refractivity contribution in [3.8, 4) is 11.6 Å². The summed E-state index contributed by atoms with van der Waals surface area (Å²) in [5, 5.41) is 3.82. The fourth-order valence-electron chi connectivity index (χ4n) is 1.84. The number of carbonyl (C=O) groups excluding carboxylic acids is 1. The molecular formula is C14H19N3O4. The lowest BCUT2D eigenvalue weighted by Gasteiger charge is -2.16. The van der Waals surface area contributed by atoms with Gasteiger partial charge in [0.15, 0.2) is 5.76 Å². The summed E-state index contributed by atoms with van der Waals surface area (Å²) in [7, 11) is 3.42. The zero-order chi connectivity index (χ0) is 15.1. The van der Waals surface area contributed by atoms with Crippen molar-refractivity contribution in [2.75, 3.05) is 27.3 Å². The van der Waals surface area contributed by atoms with E-state index in [1.807, 2.05) is 0 Å². The zero-order valence-electron chi connectivity index (χ0n) is 12.2. The Morgan fingerprint density at radius 1 is 1.48 bits per heavy atom. The number of rotatable bonds is 8. The Kier molecular flexibility index (Phi) is 5.51. The van der Waals surface area contributed by atoms with E-state index in [9.17, 15) is 4.79 Å². The largest absolute Gasteiger partial charge is 0.461 e. The third kappa shape index (κ3) is 4.42. The van der Waals surface area contributed by atoms with E-state index in [1.54, 1.807) is 37.5 Å². The maximum absolute atomic E-state index is 11.9. The number of hydrogen-bond acceptors (Lipinski definition) is 6. The van der Waals surface area contributed by atoms with Crippen LogP contribution in [0.15, 0.2) is 27.3 Å². The number of ether oxygens (including phenoxy) is 1. The van der Waals surface area contributed by atoms with Gasteiger partial charge in [-0.25, -0.2) is 0 Å². The number of hydrogen-bond donors (Lipinski definition) is 0. The smallest absolute Gasteiger partial charge is 0.238 e. The molecule has 7 heteroatoms. The number of carbonyl (C=O) groups is 1. The molecular weight excluding hydrogens is 274 g/mol. The van der Waals surface area contributed by atoms with E-state index < -0.39 is 0 Å². The first-order chi connectivity index (χ1) is 10.2. The van der Waals surface area contributed by atoms with Gasteiger partial charge in [0, 0.05) is 40.2 Å². The van der Waals surface area contributed by atoms with Gasteiger partial charge in [0.1, 0.15) is 0 Å². The van der Waals surface area contributed by atoms with Gasteiger partial charge in [-0.05, 0) is 18.6 Å². The quantitative estimate of drug-likeness (QED) is 0.690. The highest BCUT2D eigenvalue weighted by Crippen LogP contribution is 2.16. The van der Waals surface area contributed by atoms with Crippen molar-refractivity contribution in [3.05, 3.63) is 24.3 Å². The minimum Gasteiger partial charge on any atom is -0.461 e. The molecule has 0 fully saturated rings. The Hall–Kier alpha value is -2.15. The van der Waals surface area contributed by atoms with Crippen molar-refractivity contribution < 1.29 is 18.5 Å². The number of amides is 1. The summed E-state index contributed by atoms with van der Waals surface area (Å²) in [5.74, 6) is 1.42. The summed E-state index contributed by atoms with van der Waals surface area (Å²) in [4.78, 5) is 17.8. The molecule has 0 aliphatic rings. The molecule has 0 aliphatic heterocycles. The van der Waals surface area contributed by atoms with Crippen LogP contribution in [0, 0.1) is 0 Å². The van der Waals surface area contributed by atoms with E-state index in [2.05, 4.69) is 10.1 Å². The second-order valence-electron chi connectivity index (χ2n) is 4.65. The highest BCUT2D eigenvalue weighted by molar-refractivity contribution is 5.75. The van der Waals surface area contributed by atoms with Crippen LogP contribution in [0.25, 0.3) is 11.6 Å². The summed E-state index contributed by atoms with van der Waals surface area (Å²) >= 11 is 0. The van der Waals surface area contributed by atoms with Crippen molar-refractivity contribution >= 4 is 5.91 Å². The van der Waals surface area contributed by atoms with Gasteiger partial charge in [0.25, 0.3) is 0 Å². The normalized spacial score (nSPS) is 10.8. The van der Waals surface area contributed by atoms with E-state index in [-0.39, 0.29) is 5.91 Å². The molecule has 0 radical (unpaired) electrons. The Labute approximate surface area is 122 Å². The van der Waals surface area contributed by atoms with E-state index in [4.69, 9.17) is 13.7 Å². The molecule has 0 saturated carbocycles. The molecule has 0 saturated heterocycles. The van der Waals surface area contributed by atoms with E-state index in [0.29, 0.717) is 43.5 Å². The molecule has 7 nitrogen and oxygen atoms in total. The van der Waals surface area contributed by atoms with Gasteiger partial charge in [-0.1, -0.05) is 5.16 Å². The van der Waals surface area contributed by atoms with Gasteiger partial charge >= 0.3 is 0 Å². The molecule has 0 unspecified atom stereocenters. The number of aromatic nitrogens is 2. The van der Waals surface area contributed by atoms with Gasteiger partial charge in [-0.15, -0.1) is 0 Å². The molecule has 2 aromatic heterocycles. The summed E-state index contributed by atoms with van der Waals surface area (Å²) in [6.07, 6.45) is 3.12. The van der Waals surface area contributed by atoms with Gasteiger partial charge in [-0.2, -0.15) is 4.98 Å². The second kappa shape index (κ2) is 7.58. The molecule has 0 aliphatic carbocycles. The molecule has 1 amide bonds. The summed E-state index contributed by atoms with van der Waals surface area (Å²) in [6, 6.07) is 3.51. The van der Waals surface area contributed by atoms with Crippen molar-refractivity contribution in [3.63, 3.8) is 0 Å². The molecule has 114 valence electrons. The minimum atomic E-state index is 0.0452. The maximum atomic E-state index is 11.9. The lowest BCUT2D eigenvalue weighted by Crippen LogP contribution is -2.28. The molecule has 0 N–H and O–H groups in total. The average Bonchev–Trinajstić information content (AvgIpc) is 3.15. The van der Waals surface area contributed by atoms with Crippen LogP contribution in [0.3, 0.4) is 0 Å². The predicted molar refractivity (Wildman–Crippen MR) is 74.5 cm³/mol. The van der Waals surface area contributed by atoms with Crippen molar-refractivity contribution in [1.29, 1.82) is 0 Å². The predicted octanol–water partition coefficient (Wildman–Crippen LogP) is 1.76. The van der Waals surface area contributed by atoms with Crippen LogP contribution in [0.4, 0.5) is 0 Å². The van der Waals surface area contributed by atoms with Gasteiger partial charge < -0.3 is 18.6 Å². The summed E-state index contributed by atoms with van der Waals surface area (Å²) < 4.78 is 15.2. The zero-order valence-corrected chi connectivity index (χ0v) is 12.2. The Morgan fingerprint density at radius 2 is 2.33 bits per heavy atom. The summed E-state index contributed by atoms with van der Waals surface area (Å²) in [6.45, 7) is 1.32. The van der Waals surface area contributed by atoms with Crippen LogP contribution in [-0.2, 0) is 16.0 Å². The topological polar surface area (TPSA) is 81.6 Å². The molecule has 2 heterocycles. The fraction of sp³-hybridized carbons (Fsp3) is 0.500. The van der Waals surface area contributed by atoms with Crippen molar-refractivity contribution in [2.45, 2.75) is 19.3 Å². The minimum absolute atomic E-state index is 0.0452. The molecule has 0 atom stereocenters. The van der Waals surface area contributed by atoms with E-state index in [0.717, 1.165) is 6.42 Å². The van der Waals surface area contributed by atoms with E-state index >= 15 is 0 Å². The number of nitrogens with zero attached hydrogens (tertiary/aromatic N) is 3. The van der Waals surface area contributed by atoms with Gasteiger partial charge in [-0.3, -0.25) is 4.79 Å².